The maximum Gasteiger partial charge on any atom is 0.350 e. The molecular weight excluding hydrogens is 230 g/mol. The quantitative estimate of drug-likeness (QED) is 0.594. The molecule has 0 aliphatic heterocycles. The van der Waals surface area contributed by atoms with Crippen LogP contribution in [0.25, 0.3) is 0 Å². The summed E-state index contributed by atoms with van der Waals surface area (Å²) in [6.07, 6.45) is 1.35. The summed E-state index contributed by atoms with van der Waals surface area (Å²) in [7, 11) is 0. The van der Waals surface area contributed by atoms with Crippen LogP contribution in [0.5, 0.6) is 5.88 Å². The van der Waals surface area contributed by atoms with E-state index >= 15 is 0 Å². The van der Waals surface area contributed by atoms with Crippen molar-refractivity contribution in [1.82, 2.24) is 9.78 Å². The number of carbonyl (C=O) groups is 1. The predicted molar refractivity (Wildman–Crippen MR) is 57.0 cm³/mol. The number of hydrogen-bond acceptors (Lipinski definition) is 5. The summed E-state index contributed by atoms with van der Waals surface area (Å²) >= 11 is 0. The van der Waals surface area contributed by atoms with Gasteiger partial charge in [0.2, 0.25) is 0 Å². The summed E-state index contributed by atoms with van der Waals surface area (Å²) in [6.45, 7) is 3.55. The maximum atomic E-state index is 10.9. The molecule has 8 heteroatoms. The van der Waals surface area contributed by atoms with E-state index in [2.05, 4.69) is 5.10 Å². The van der Waals surface area contributed by atoms with E-state index in [1.165, 1.54) is 0 Å². The zero-order valence-corrected chi connectivity index (χ0v) is 9.49. The van der Waals surface area contributed by atoms with Crippen LogP contribution in [0.15, 0.2) is 6.20 Å². The lowest BCUT2D eigenvalue weighted by Gasteiger charge is -2.08. The highest BCUT2D eigenvalue weighted by Crippen LogP contribution is 2.27. The van der Waals surface area contributed by atoms with Gasteiger partial charge in [0.1, 0.15) is 12.2 Å². The Morgan fingerprint density at radius 3 is 2.76 bits per heavy atom. The van der Waals surface area contributed by atoms with E-state index in [4.69, 9.17) is 9.84 Å². The number of nitrogens with zero attached hydrogens (tertiary/aromatic N) is 3. The third kappa shape index (κ3) is 2.71. The van der Waals surface area contributed by atoms with E-state index in [1.54, 1.807) is 13.8 Å². The second-order valence-electron chi connectivity index (χ2n) is 3.25. The van der Waals surface area contributed by atoms with Gasteiger partial charge in [-0.3, -0.25) is 10.1 Å². The lowest BCUT2D eigenvalue weighted by atomic mass is 10.2. The van der Waals surface area contributed by atoms with Crippen LogP contribution in [-0.2, 0) is 4.79 Å². The number of nitro groups is 1. The molecular formula is C9H13N3O5. The average molecular weight is 243 g/mol. The van der Waals surface area contributed by atoms with Gasteiger partial charge in [-0.25, -0.2) is 9.48 Å². The first kappa shape index (κ1) is 12.9. The van der Waals surface area contributed by atoms with Gasteiger partial charge < -0.3 is 9.84 Å². The van der Waals surface area contributed by atoms with E-state index in [1.807, 2.05) is 0 Å². The van der Waals surface area contributed by atoms with Gasteiger partial charge in [-0.1, -0.05) is 6.92 Å². The Morgan fingerprint density at radius 1 is 1.71 bits per heavy atom. The van der Waals surface area contributed by atoms with Crippen LogP contribution in [0.3, 0.4) is 0 Å². The van der Waals surface area contributed by atoms with Crippen molar-refractivity contribution in [1.29, 1.82) is 0 Å². The Morgan fingerprint density at radius 2 is 2.35 bits per heavy atom. The van der Waals surface area contributed by atoms with Crippen LogP contribution in [0.4, 0.5) is 5.69 Å². The fraction of sp³-hybridized carbons (Fsp3) is 0.556. The largest absolute Gasteiger partial charge is 0.480 e. The van der Waals surface area contributed by atoms with Crippen molar-refractivity contribution < 1.29 is 19.6 Å². The summed E-state index contributed by atoms with van der Waals surface area (Å²) < 4.78 is 6.03. The molecule has 1 aromatic rings. The molecule has 8 nitrogen and oxygen atoms in total. The molecule has 0 amide bonds. The minimum Gasteiger partial charge on any atom is -0.480 e. The van der Waals surface area contributed by atoms with E-state index in [9.17, 15) is 14.9 Å². The van der Waals surface area contributed by atoms with Crippen LogP contribution in [0.1, 0.15) is 26.3 Å². The molecule has 0 fully saturated rings. The Bertz CT molecular complexity index is 428. The van der Waals surface area contributed by atoms with Gasteiger partial charge in [-0.2, -0.15) is 0 Å². The van der Waals surface area contributed by atoms with Crippen molar-refractivity contribution in [3.63, 3.8) is 0 Å². The molecule has 0 aromatic carbocycles. The first-order valence-electron chi connectivity index (χ1n) is 5.10. The van der Waals surface area contributed by atoms with Crippen LogP contribution < -0.4 is 4.74 Å². The Labute approximate surface area is 97.0 Å². The Hall–Kier alpha value is -2.12. The number of ether oxygens (including phenoxy) is 1. The summed E-state index contributed by atoms with van der Waals surface area (Å²) in [5.41, 5.74) is -0.327. The molecule has 0 aliphatic carbocycles. The number of aromatic nitrogens is 2. The van der Waals surface area contributed by atoms with E-state index < -0.39 is 16.9 Å². The van der Waals surface area contributed by atoms with E-state index in [0.29, 0.717) is 0 Å². The number of rotatable bonds is 6. The fourth-order valence-corrected chi connectivity index (χ4v) is 1.36. The standard InChI is InChI=1S/C9H13N3O5/c1-3-6(9(13)14)11-5-7(12(15)16)8(10-11)17-4-2/h5-6H,3-4H2,1-2H3,(H,13,14)/t6-/m0/s1. The highest BCUT2D eigenvalue weighted by Gasteiger charge is 2.26. The molecule has 1 aromatic heterocycles. The topological polar surface area (TPSA) is 107 Å². The predicted octanol–water partition coefficient (Wildman–Crippen LogP) is 1.23. The summed E-state index contributed by atoms with van der Waals surface area (Å²) in [5, 5.41) is 23.4. The molecule has 1 atom stereocenters. The van der Waals surface area contributed by atoms with Crippen LogP contribution in [-0.4, -0.2) is 32.4 Å². The van der Waals surface area contributed by atoms with Crippen molar-refractivity contribution in [2.45, 2.75) is 26.3 Å². The normalized spacial score (nSPS) is 12.1. The molecule has 94 valence electrons. The van der Waals surface area contributed by atoms with Gasteiger partial charge in [-0.15, -0.1) is 5.10 Å². The van der Waals surface area contributed by atoms with Gasteiger partial charge in [0, 0.05) is 0 Å². The van der Waals surface area contributed by atoms with Gasteiger partial charge in [0.15, 0.2) is 0 Å². The molecule has 1 heterocycles. The van der Waals surface area contributed by atoms with E-state index in [0.717, 1.165) is 10.9 Å². The number of hydrogen-bond donors (Lipinski definition) is 1. The first-order valence-corrected chi connectivity index (χ1v) is 5.10. The molecule has 0 radical (unpaired) electrons. The summed E-state index contributed by atoms with van der Waals surface area (Å²) in [6, 6.07) is -0.928. The van der Waals surface area contributed by atoms with Crippen LogP contribution >= 0.6 is 0 Å². The Kier molecular flexibility index (Phi) is 4.02. The SMILES string of the molecule is CCOc1nn([C@@H](CC)C(=O)O)cc1[N+](=O)[O-]. The number of carboxylic acid groups (broad SMARTS) is 1. The minimum absolute atomic E-state index is 0.155. The molecule has 1 rings (SSSR count). The highest BCUT2D eigenvalue weighted by molar-refractivity contribution is 5.71. The van der Waals surface area contributed by atoms with Crippen molar-refractivity contribution in [3.8, 4) is 5.88 Å². The van der Waals surface area contributed by atoms with Crippen molar-refractivity contribution >= 4 is 11.7 Å². The zero-order valence-electron chi connectivity index (χ0n) is 9.49. The summed E-state index contributed by atoms with van der Waals surface area (Å²) in [4.78, 5) is 21.0. The molecule has 17 heavy (non-hydrogen) atoms. The van der Waals surface area contributed by atoms with E-state index in [-0.39, 0.29) is 24.6 Å². The lowest BCUT2D eigenvalue weighted by Crippen LogP contribution is -2.18. The molecule has 0 aliphatic rings. The average Bonchev–Trinajstić information content (AvgIpc) is 2.63. The molecule has 0 spiro atoms. The lowest BCUT2D eigenvalue weighted by molar-refractivity contribution is -0.386. The molecule has 1 N–H and O–H groups in total. The van der Waals surface area contributed by atoms with Gasteiger partial charge >= 0.3 is 17.5 Å². The second-order valence-corrected chi connectivity index (χ2v) is 3.25. The molecule has 0 unspecified atom stereocenters. The molecule has 0 saturated carbocycles. The number of aliphatic carboxylic acids is 1. The molecule has 0 saturated heterocycles. The smallest absolute Gasteiger partial charge is 0.350 e. The van der Waals surface area contributed by atoms with Crippen molar-refractivity contribution in [2.75, 3.05) is 6.61 Å². The third-order valence-corrected chi connectivity index (χ3v) is 2.15. The zero-order chi connectivity index (χ0) is 13.0. The van der Waals surface area contributed by atoms with Crippen molar-refractivity contribution in [3.05, 3.63) is 16.3 Å². The molecule has 0 bridgehead atoms. The maximum absolute atomic E-state index is 10.9. The van der Waals surface area contributed by atoms with Crippen LogP contribution in [0, 0.1) is 10.1 Å². The van der Waals surface area contributed by atoms with Gasteiger partial charge in [-0.05, 0) is 13.3 Å². The van der Waals surface area contributed by atoms with Gasteiger partial charge in [0.05, 0.1) is 11.5 Å². The van der Waals surface area contributed by atoms with Crippen LogP contribution in [0.2, 0.25) is 0 Å². The third-order valence-electron chi connectivity index (χ3n) is 2.15. The Balaban J connectivity index is 3.14. The summed E-state index contributed by atoms with van der Waals surface area (Å²) in [5.74, 6) is -1.25. The van der Waals surface area contributed by atoms with Crippen molar-refractivity contribution in [2.24, 2.45) is 0 Å². The monoisotopic (exact) mass is 243 g/mol. The fourth-order valence-electron chi connectivity index (χ4n) is 1.36. The number of carboxylic acids is 1. The second kappa shape index (κ2) is 5.28. The van der Waals surface area contributed by atoms with Gasteiger partial charge in [0.25, 0.3) is 0 Å². The highest BCUT2D eigenvalue weighted by atomic mass is 16.6. The first-order chi connectivity index (χ1) is 8.01. The minimum atomic E-state index is -1.09.